The first-order chi connectivity index (χ1) is 11.3. The molecule has 0 bridgehead atoms. The van der Waals surface area contributed by atoms with Gasteiger partial charge in [-0.15, -0.1) is 0 Å². The number of hydrogen-bond donors (Lipinski definition) is 1. The van der Waals surface area contributed by atoms with Crippen LogP contribution in [0.5, 0.6) is 0 Å². The van der Waals surface area contributed by atoms with Crippen molar-refractivity contribution in [3.05, 3.63) is 59.5 Å². The zero-order valence-corrected chi connectivity index (χ0v) is 12.3. The van der Waals surface area contributed by atoms with Crippen molar-refractivity contribution in [3.63, 3.8) is 0 Å². The molecule has 3 rings (SSSR count). The second kappa shape index (κ2) is 6.00. The van der Waals surface area contributed by atoms with Gasteiger partial charge in [-0.2, -0.15) is 18.2 Å². The molecule has 124 valence electrons. The fourth-order valence-corrected chi connectivity index (χ4v) is 1.98. The number of aliphatic hydroxyl groups excluding tert-OH is 1. The quantitative estimate of drug-likeness (QED) is 0.791. The molecule has 0 radical (unpaired) electrons. The van der Waals surface area contributed by atoms with E-state index in [0.717, 1.165) is 5.69 Å². The molecule has 1 aromatic carbocycles. The Labute approximate surface area is 134 Å². The number of benzene rings is 1. The van der Waals surface area contributed by atoms with E-state index in [9.17, 15) is 18.3 Å². The second-order valence-electron chi connectivity index (χ2n) is 5.03. The van der Waals surface area contributed by atoms with E-state index in [1.165, 1.54) is 24.5 Å². The van der Waals surface area contributed by atoms with Gasteiger partial charge in [0.25, 0.3) is 0 Å². The summed E-state index contributed by atoms with van der Waals surface area (Å²) in [7, 11) is 0. The van der Waals surface area contributed by atoms with E-state index >= 15 is 0 Å². The third kappa shape index (κ3) is 3.25. The number of aryl methyl sites for hydroxylation is 1. The molecular weight excluding hydrogens is 325 g/mol. The van der Waals surface area contributed by atoms with Gasteiger partial charge in [-0.05, 0) is 12.5 Å². The number of alkyl halides is 3. The Morgan fingerprint density at radius 1 is 1.08 bits per heavy atom. The molecular formula is C15H11F3N4O2. The lowest BCUT2D eigenvalue weighted by molar-refractivity contribution is -0.159. The van der Waals surface area contributed by atoms with Crippen molar-refractivity contribution in [3.8, 4) is 11.4 Å². The summed E-state index contributed by atoms with van der Waals surface area (Å²) in [4.78, 5) is 11.5. The van der Waals surface area contributed by atoms with Gasteiger partial charge < -0.3 is 9.63 Å². The van der Waals surface area contributed by atoms with Gasteiger partial charge in [0.05, 0.1) is 17.6 Å². The fourth-order valence-electron chi connectivity index (χ4n) is 1.98. The average molecular weight is 336 g/mol. The highest BCUT2D eigenvalue weighted by Crippen LogP contribution is 2.30. The summed E-state index contributed by atoms with van der Waals surface area (Å²) in [6.45, 7) is 1.78. The van der Waals surface area contributed by atoms with Crippen molar-refractivity contribution < 1.29 is 22.8 Å². The monoisotopic (exact) mass is 336 g/mol. The van der Waals surface area contributed by atoms with Gasteiger partial charge in [0.1, 0.15) is 6.10 Å². The first kappa shape index (κ1) is 16.1. The molecule has 2 heterocycles. The van der Waals surface area contributed by atoms with Crippen molar-refractivity contribution in [2.24, 2.45) is 0 Å². The van der Waals surface area contributed by atoms with Crippen LogP contribution in [0, 0.1) is 6.92 Å². The zero-order chi connectivity index (χ0) is 17.3. The molecule has 0 spiro atoms. The van der Waals surface area contributed by atoms with E-state index in [-0.39, 0.29) is 5.82 Å². The highest BCUT2D eigenvalue weighted by molar-refractivity contribution is 5.55. The van der Waals surface area contributed by atoms with Crippen LogP contribution < -0.4 is 0 Å². The molecule has 24 heavy (non-hydrogen) atoms. The molecule has 2 aromatic heterocycles. The first-order valence-corrected chi connectivity index (χ1v) is 6.82. The number of aliphatic hydroxyl groups is 1. The van der Waals surface area contributed by atoms with Crippen molar-refractivity contribution in [2.45, 2.75) is 19.2 Å². The Morgan fingerprint density at radius 3 is 2.33 bits per heavy atom. The van der Waals surface area contributed by atoms with Crippen LogP contribution >= 0.6 is 0 Å². The molecule has 1 atom stereocenters. The van der Waals surface area contributed by atoms with Crippen molar-refractivity contribution >= 4 is 0 Å². The summed E-state index contributed by atoms with van der Waals surface area (Å²) < 4.78 is 41.6. The van der Waals surface area contributed by atoms with E-state index in [2.05, 4.69) is 24.6 Å². The van der Waals surface area contributed by atoms with Crippen molar-refractivity contribution in [1.29, 1.82) is 0 Å². The van der Waals surface area contributed by atoms with Crippen LogP contribution in [-0.4, -0.2) is 25.2 Å². The van der Waals surface area contributed by atoms with E-state index in [0.29, 0.717) is 16.8 Å². The summed E-state index contributed by atoms with van der Waals surface area (Å²) in [6, 6.07) is 6.08. The highest BCUT2D eigenvalue weighted by Gasteiger charge is 2.38. The van der Waals surface area contributed by atoms with E-state index in [1.54, 1.807) is 19.1 Å². The standard InChI is InChI=1S/C15H11F3N4O2/c1-8-6-20-11(7-19-8)12(23)9-2-4-10(5-3-9)13-21-14(24-22-13)15(16,17)18/h2-7,12,23H,1H3/t12-/m0/s1. The van der Waals surface area contributed by atoms with Gasteiger partial charge in [-0.3, -0.25) is 9.97 Å². The molecule has 3 aromatic rings. The molecule has 1 N–H and O–H groups in total. The Morgan fingerprint density at radius 2 is 1.79 bits per heavy atom. The van der Waals surface area contributed by atoms with Crippen LogP contribution in [0.25, 0.3) is 11.4 Å². The van der Waals surface area contributed by atoms with Gasteiger partial charge >= 0.3 is 12.1 Å². The lowest BCUT2D eigenvalue weighted by Crippen LogP contribution is -2.05. The van der Waals surface area contributed by atoms with Gasteiger partial charge in [0.2, 0.25) is 5.82 Å². The predicted octanol–water partition coefficient (Wildman–Crippen LogP) is 2.94. The van der Waals surface area contributed by atoms with Crippen LogP contribution in [0.2, 0.25) is 0 Å². The van der Waals surface area contributed by atoms with Crippen LogP contribution in [0.15, 0.2) is 41.2 Å². The van der Waals surface area contributed by atoms with Crippen molar-refractivity contribution in [2.75, 3.05) is 0 Å². The fraction of sp³-hybridized carbons (Fsp3) is 0.200. The van der Waals surface area contributed by atoms with Gasteiger partial charge in [-0.1, -0.05) is 29.4 Å². The largest absolute Gasteiger partial charge is 0.471 e. The van der Waals surface area contributed by atoms with Gasteiger partial charge in [-0.25, -0.2) is 0 Å². The predicted molar refractivity (Wildman–Crippen MR) is 75.6 cm³/mol. The molecule has 0 saturated carbocycles. The molecule has 0 unspecified atom stereocenters. The molecule has 9 heteroatoms. The number of hydrogen-bond acceptors (Lipinski definition) is 6. The SMILES string of the molecule is Cc1cnc([C@@H](O)c2ccc(-c3noc(C(F)(F)F)n3)cc2)cn1. The van der Waals surface area contributed by atoms with Crippen LogP contribution in [0.3, 0.4) is 0 Å². The minimum absolute atomic E-state index is 0.182. The number of rotatable bonds is 3. The molecule has 0 aliphatic heterocycles. The average Bonchev–Trinajstić information content (AvgIpc) is 3.05. The van der Waals surface area contributed by atoms with Crippen LogP contribution in [0.4, 0.5) is 13.2 Å². The molecule has 0 amide bonds. The summed E-state index contributed by atoms with van der Waals surface area (Å²) in [5.41, 5.74) is 1.93. The lowest BCUT2D eigenvalue weighted by Gasteiger charge is -2.10. The summed E-state index contributed by atoms with van der Waals surface area (Å²) >= 11 is 0. The molecule has 6 nitrogen and oxygen atoms in total. The Bertz CT molecular complexity index is 829. The van der Waals surface area contributed by atoms with E-state index < -0.39 is 18.2 Å². The first-order valence-electron chi connectivity index (χ1n) is 6.82. The molecule has 0 fully saturated rings. The van der Waals surface area contributed by atoms with Crippen molar-refractivity contribution in [1.82, 2.24) is 20.1 Å². The summed E-state index contributed by atoms with van der Waals surface area (Å²) in [5, 5.41) is 13.6. The lowest BCUT2D eigenvalue weighted by atomic mass is 10.0. The maximum atomic E-state index is 12.5. The van der Waals surface area contributed by atoms with Crippen LogP contribution in [0.1, 0.15) is 28.9 Å². The minimum atomic E-state index is -4.69. The smallest absolute Gasteiger partial charge is 0.382 e. The number of aromatic nitrogens is 4. The molecule has 0 aliphatic carbocycles. The van der Waals surface area contributed by atoms with Crippen LogP contribution in [-0.2, 0) is 6.18 Å². The van der Waals surface area contributed by atoms with Gasteiger partial charge in [0, 0.05) is 11.8 Å². The maximum absolute atomic E-state index is 12.5. The Balaban J connectivity index is 1.82. The normalized spacial score (nSPS) is 13.0. The minimum Gasteiger partial charge on any atom is -0.382 e. The summed E-state index contributed by atoms with van der Waals surface area (Å²) in [5.74, 6) is -1.59. The third-order valence-corrected chi connectivity index (χ3v) is 3.23. The maximum Gasteiger partial charge on any atom is 0.471 e. The third-order valence-electron chi connectivity index (χ3n) is 3.23. The molecule has 0 saturated heterocycles. The zero-order valence-electron chi connectivity index (χ0n) is 12.3. The topological polar surface area (TPSA) is 84.9 Å². The summed E-state index contributed by atoms with van der Waals surface area (Å²) in [6.07, 6.45) is -2.69. The molecule has 0 aliphatic rings. The number of nitrogens with zero attached hydrogens (tertiary/aromatic N) is 4. The van der Waals surface area contributed by atoms with E-state index in [1.807, 2.05) is 0 Å². The van der Waals surface area contributed by atoms with E-state index in [4.69, 9.17) is 0 Å². The van der Waals surface area contributed by atoms with Gasteiger partial charge in [0.15, 0.2) is 0 Å². The second-order valence-corrected chi connectivity index (χ2v) is 5.03. The Hall–Kier alpha value is -2.81. The Kier molecular flexibility index (Phi) is 4.02. The number of halogens is 3. The highest BCUT2D eigenvalue weighted by atomic mass is 19.4.